The Balaban J connectivity index is 1.56. The number of piperidine rings is 2. The third-order valence-corrected chi connectivity index (χ3v) is 8.91. The first kappa shape index (κ1) is 14.4. The molecule has 3 saturated heterocycles. The van der Waals surface area contributed by atoms with E-state index in [4.69, 9.17) is 4.74 Å². The first-order chi connectivity index (χ1) is 12.6. The number of carbonyl (C=O) groups is 1. The zero-order valence-electron chi connectivity index (χ0n) is 15.2. The number of anilines is 1. The summed E-state index contributed by atoms with van der Waals surface area (Å²) in [6.07, 6.45) is 5.51. The summed E-state index contributed by atoms with van der Waals surface area (Å²) in [6, 6.07) is 9.76. The average molecular weight is 349 g/mol. The number of likely N-dealkylation sites (N-methyl/N-ethyl adjacent to an activating group) is 1. The van der Waals surface area contributed by atoms with Gasteiger partial charge in [-0.15, -0.1) is 0 Å². The molecule has 2 bridgehead atoms. The zero-order valence-corrected chi connectivity index (χ0v) is 15.2. The van der Waals surface area contributed by atoms with Gasteiger partial charge in [0.25, 0.3) is 0 Å². The van der Waals surface area contributed by atoms with Crippen molar-refractivity contribution in [3.05, 3.63) is 41.5 Å². The van der Waals surface area contributed by atoms with Gasteiger partial charge in [0.2, 0.25) is 5.91 Å². The number of quaternary nitrogens is 1. The highest BCUT2D eigenvalue weighted by Crippen LogP contribution is 2.67. The van der Waals surface area contributed by atoms with E-state index in [2.05, 4.69) is 42.3 Å². The minimum Gasteiger partial charge on any atom is -0.373 e. The molecule has 134 valence electrons. The van der Waals surface area contributed by atoms with Crippen LogP contribution >= 0.6 is 0 Å². The van der Waals surface area contributed by atoms with Crippen LogP contribution in [-0.2, 0) is 14.9 Å². The minimum absolute atomic E-state index is 0.104. The lowest BCUT2D eigenvalue weighted by Crippen LogP contribution is -2.72. The Morgan fingerprint density at radius 2 is 2.19 bits per heavy atom. The molecule has 0 aromatic heterocycles. The molecule has 1 aromatic carbocycles. The van der Waals surface area contributed by atoms with Crippen LogP contribution in [0.4, 0.5) is 5.69 Å². The van der Waals surface area contributed by atoms with E-state index in [1.165, 1.54) is 37.2 Å². The highest BCUT2D eigenvalue weighted by Gasteiger charge is 2.75. The lowest BCUT2D eigenvalue weighted by atomic mass is 9.53. The third-order valence-electron chi connectivity index (χ3n) is 8.91. The molecule has 0 N–H and O–H groups in total. The lowest BCUT2D eigenvalue weighted by molar-refractivity contribution is -0.925. The fraction of sp³-hybridized carbons (Fsp3) is 0.591. The van der Waals surface area contributed by atoms with Gasteiger partial charge in [0.1, 0.15) is 12.6 Å². The van der Waals surface area contributed by atoms with E-state index < -0.39 is 0 Å². The number of amides is 1. The van der Waals surface area contributed by atoms with Crippen LogP contribution in [0.25, 0.3) is 0 Å². The van der Waals surface area contributed by atoms with Gasteiger partial charge in [-0.2, -0.15) is 0 Å². The van der Waals surface area contributed by atoms with E-state index in [1.807, 2.05) is 0 Å². The van der Waals surface area contributed by atoms with Crippen molar-refractivity contribution >= 4 is 11.6 Å². The van der Waals surface area contributed by atoms with Gasteiger partial charge in [0.15, 0.2) is 0 Å². The van der Waals surface area contributed by atoms with Crippen molar-refractivity contribution in [2.75, 3.05) is 31.6 Å². The molecule has 1 amide bonds. The second kappa shape index (κ2) is 4.26. The van der Waals surface area contributed by atoms with Crippen molar-refractivity contribution in [3.8, 4) is 0 Å². The number of rotatable bonds is 0. The van der Waals surface area contributed by atoms with Crippen LogP contribution in [-0.4, -0.2) is 55.3 Å². The maximum atomic E-state index is 13.3. The molecule has 5 aliphatic heterocycles. The minimum atomic E-state index is 0.104. The topological polar surface area (TPSA) is 29.5 Å². The fourth-order valence-corrected chi connectivity index (χ4v) is 8.14. The molecule has 7 atom stereocenters. The van der Waals surface area contributed by atoms with Crippen molar-refractivity contribution in [1.82, 2.24) is 0 Å². The molecule has 4 fully saturated rings. The highest BCUT2D eigenvalue weighted by atomic mass is 16.5. The number of nitrogens with zero attached hydrogens (tertiary/aromatic N) is 2. The van der Waals surface area contributed by atoms with Crippen molar-refractivity contribution < 1.29 is 14.0 Å². The second-order valence-corrected chi connectivity index (χ2v) is 9.67. The van der Waals surface area contributed by atoms with E-state index in [0.717, 1.165) is 4.48 Å². The lowest BCUT2D eigenvalue weighted by Gasteiger charge is -2.59. The van der Waals surface area contributed by atoms with Gasteiger partial charge >= 0.3 is 0 Å². The summed E-state index contributed by atoms with van der Waals surface area (Å²) in [5.41, 5.74) is 4.43. The summed E-state index contributed by atoms with van der Waals surface area (Å²) >= 11 is 0. The van der Waals surface area contributed by atoms with Crippen LogP contribution in [0.15, 0.2) is 35.9 Å². The van der Waals surface area contributed by atoms with Crippen molar-refractivity contribution in [1.29, 1.82) is 0 Å². The SMILES string of the molecule is C[N@+]12CC[C@@]34c5ccccc5N5C(=O)C[C@@H]6OCC=C(C1)[C@H](C[C@H]32)[C@H]6[C@@H]54. The Labute approximate surface area is 154 Å². The summed E-state index contributed by atoms with van der Waals surface area (Å²) in [7, 11) is 2.47. The molecule has 4 nitrogen and oxygen atoms in total. The largest absolute Gasteiger partial charge is 0.373 e. The van der Waals surface area contributed by atoms with Gasteiger partial charge in [0.05, 0.1) is 44.2 Å². The normalized spacial score (nSPS) is 49.6. The molecule has 1 saturated carbocycles. The Kier molecular flexibility index (Phi) is 2.36. The molecule has 4 heteroatoms. The van der Waals surface area contributed by atoms with Crippen molar-refractivity contribution in [2.24, 2.45) is 11.8 Å². The first-order valence-electron chi connectivity index (χ1n) is 10.2. The van der Waals surface area contributed by atoms with Gasteiger partial charge in [-0.25, -0.2) is 0 Å². The molecule has 26 heavy (non-hydrogen) atoms. The quantitative estimate of drug-likeness (QED) is 0.531. The average Bonchev–Trinajstić information content (AvgIpc) is 3.05. The predicted octanol–water partition coefficient (Wildman–Crippen LogP) is 2.24. The van der Waals surface area contributed by atoms with Crippen LogP contribution in [0.3, 0.4) is 0 Å². The Hall–Kier alpha value is -1.65. The van der Waals surface area contributed by atoms with Gasteiger partial charge in [-0.05, 0) is 23.1 Å². The number of hydrogen-bond acceptors (Lipinski definition) is 2. The Morgan fingerprint density at radius 1 is 1.31 bits per heavy atom. The molecule has 0 radical (unpaired) electrons. The van der Waals surface area contributed by atoms with Crippen LogP contribution in [0, 0.1) is 11.8 Å². The molecule has 6 aliphatic rings. The van der Waals surface area contributed by atoms with E-state index in [1.54, 1.807) is 5.57 Å². The summed E-state index contributed by atoms with van der Waals surface area (Å²) in [5.74, 6) is 1.36. The van der Waals surface area contributed by atoms with E-state index in [9.17, 15) is 4.79 Å². The number of fused-ring (bicyclic) bond motifs is 2. The molecule has 1 spiro atoms. The van der Waals surface area contributed by atoms with E-state index >= 15 is 0 Å². The van der Waals surface area contributed by atoms with Crippen LogP contribution < -0.4 is 4.90 Å². The summed E-state index contributed by atoms with van der Waals surface area (Å²) < 4.78 is 7.45. The van der Waals surface area contributed by atoms with Crippen molar-refractivity contribution in [3.63, 3.8) is 0 Å². The van der Waals surface area contributed by atoms with Crippen molar-refractivity contribution in [2.45, 2.75) is 42.9 Å². The van der Waals surface area contributed by atoms with Crippen LogP contribution in [0.1, 0.15) is 24.8 Å². The third kappa shape index (κ3) is 1.34. The standard InChI is InChI=1S/C22H25N2O2/c1-24-8-7-22-15-4-2-3-5-16(15)23-19(25)11-17-20(21(22)23)14(10-18(22)24)13(12-24)6-9-26-17/h2-6,14,17-18,20-21H,7-12H2,1H3/q+1/t14-,17-,18+,20+,21+,22+,24-/m0/s1. The highest BCUT2D eigenvalue weighted by molar-refractivity contribution is 5.99. The summed E-state index contributed by atoms with van der Waals surface area (Å²) in [5, 5.41) is 0. The van der Waals surface area contributed by atoms with Crippen LogP contribution in [0.2, 0.25) is 0 Å². The number of para-hydroxylation sites is 1. The molecule has 7 rings (SSSR count). The van der Waals surface area contributed by atoms with E-state index in [0.29, 0.717) is 36.9 Å². The summed E-state index contributed by atoms with van der Waals surface area (Å²) in [6.45, 7) is 3.12. The number of ether oxygens (including phenoxy) is 1. The molecule has 5 heterocycles. The molecular weight excluding hydrogens is 324 g/mol. The van der Waals surface area contributed by atoms with E-state index in [-0.39, 0.29) is 17.4 Å². The van der Waals surface area contributed by atoms with Gasteiger partial charge in [-0.1, -0.05) is 24.3 Å². The predicted molar refractivity (Wildman–Crippen MR) is 97.8 cm³/mol. The Morgan fingerprint density at radius 3 is 3.12 bits per heavy atom. The fourth-order valence-electron chi connectivity index (χ4n) is 8.14. The molecular formula is C22H25N2O2+. The van der Waals surface area contributed by atoms with Gasteiger partial charge in [-0.3, -0.25) is 4.79 Å². The number of benzene rings is 1. The molecule has 1 aromatic rings. The smallest absolute Gasteiger partial charge is 0.229 e. The maximum absolute atomic E-state index is 13.3. The first-order valence-corrected chi connectivity index (χ1v) is 10.2. The maximum Gasteiger partial charge on any atom is 0.229 e. The second-order valence-electron chi connectivity index (χ2n) is 9.67. The van der Waals surface area contributed by atoms with Gasteiger partial charge < -0.3 is 14.1 Å². The molecule has 0 unspecified atom stereocenters. The Bertz CT molecular complexity index is 894. The monoisotopic (exact) mass is 349 g/mol. The summed E-state index contributed by atoms with van der Waals surface area (Å²) in [4.78, 5) is 15.5. The zero-order chi connectivity index (χ0) is 17.3. The number of hydrogen-bond donors (Lipinski definition) is 0. The van der Waals surface area contributed by atoms with Gasteiger partial charge in [0, 0.05) is 24.4 Å². The number of carbonyl (C=O) groups excluding carboxylic acids is 1. The molecule has 1 aliphatic carbocycles. The van der Waals surface area contributed by atoms with Crippen LogP contribution in [0.5, 0.6) is 0 Å².